The zero-order chi connectivity index (χ0) is 37.8. The lowest BCUT2D eigenvalue weighted by Gasteiger charge is -2.20. The molecule has 0 amide bonds. The Bertz CT molecular complexity index is 932. The first-order chi connectivity index (χ1) is 24.6. The SMILES string of the molecule is CCCCCCCCCCCCC/C=C/CCC(=O)OC[C@H](COP(=O)(O)OC[C@H](N)C(=O)O)OC(=O)CCCCCCCCCCCCCC. The molecule has 0 fully saturated rings. The van der Waals surface area contributed by atoms with Crippen LogP contribution in [0.3, 0.4) is 0 Å². The van der Waals surface area contributed by atoms with Crippen molar-refractivity contribution >= 4 is 25.7 Å². The second kappa shape index (κ2) is 35.3. The van der Waals surface area contributed by atoms with Gasteiger partial charge in [0.25, 0.3) is 0 Å². The van der Waals surface area contributed by atoms with Gasteiger partial charge >= 0.3 is 25.7 Å². The Kier molecular flexibility index (Phi) is 34.0. The van der Waals surface area contributed by atoms with Gasteiger partial charge in [0.2, 0.25) is 0 Å². The Labute approximate surface area is 309 Å². The summed E-state index contributed by atoms with van der Waals surface area (Å²) in [6.07, 6.45) is 32.9. The van der Waals surface area contributed by atoms with E-state index in [1.807, 2.05) is 6.08 Å². The van der Waals surface area contributed by atoms with Crippen LogP contribution in [-0.2, 0) is 37.5 Å². The lowest BCUT2D eigenvalue weighted by atomic mass is 10.0. The van der Waals surface area contributed by atoms with E-state index in [0.717, 1.165) is 32.1 Å². The number of carbonyl (C=O) groups is 3. The highest BCUT2D eigenvalue weighted by Crippen LogP contribution is 2.43. The van der Waals surface area contributed by atoms with E-state index in [2.05, 4.69) is 24.4 Å². The van der Waals surface area contributed by atoms with Crippen molar-refractivity contribution in [2.75, 3.05) is 19.8 Å². The van der Waals surface area contributed by atoms with Gasteiger partial charge in [-0.05, 0) is 25.7 Å². The summed E-state index contributed by atoms with van der Waals surface area (Å²) in [5.74, 6) is -2.43. The van der Waals surface area contributed by atoms with Crippen LogP contribution < -0.4 is 5.73 Å². The first kappa shape index (κ1) is 49.2. The predicted octanol–water partition coefficient (Wildman–Crippen LogP) is 10.1. The zero-order valence-electron chi connectivity index (χ0n) is 32.2. The highest BCUT2D eigenvalue weighted by molar-refractivity contribution is 7.47. The Morgan fingerprint density at radius 3 is 1.51 bits per heavy atom. The molecule has 0 radical (unpaired) electrons. The first-order valence-corrected chi connectivity index (χ1v) is 21.7. The average molecular weight is 748 g/mol. The fourth-order valence-electron chi connectivity index (χ4n) is 5.55. The van der Waals surface area contributed by atoms with Crippen molar-refractivity contribution in [2.45, 2.75) is 199 Å². The van der Waals surface area contributed by atoms with Crippen LogP contribution in [0.15, 0.2) is 12.2 Å². The molecule has 0 aromatic heterocycles. The number of phosphoric ester groups is 1. The van der Waals surface area contributed by atoms with Crippen LogP contribution in [0.1, 0.15) is 187 Å². The summed E-state index contributed by atoms with van der Waals surface area (Å²) in [7, 11) is -4.71. The highest BCUT2D eigenvalue weighted by Gasteiger charge is 2.28. The fraction of sp³-hybridized carbons (Fsp3) is 0.872. The van der Waals surface area contributed by atoms with Crippen molar-refractivity contribution in [1.82, 2.24) is 0 Å². The van der Waals surface area contributed by atoms with E-state index in [1.165, 1.54) is 116 Å². The number of nitrogens with two attached hydrogens (primary N) is 1. The second-order valence-corrected chi connectivity index (χ2v) is 15.2. The lowest BCUT2D eigenvalue weighted by molar-refractivity contribution is -0.161. The van der Waals surface area contributed by atoms with Crippen LogP contribution in [0.2, 0.25) is 0 Å². The number of hydrogen-bond acceptors (Lipinski definition) is 9. The number of allylic oxidation sites excluding steroid dienone is 2. The van der Waals surface area contributed by atoms with E-state index in [9.17, 15) is 23.8 Å². The lowest BCUT2D eigenvalue weighted by Crippen LogP contribution is -2.34. The average Bonchev–Trinajstić information content (AvgIpc) is 3.10. The molecular weight excluding hydrogens is 673 g/mol. The number of hydrogen-bond donors (Lipinski definition) is 3. The summed E-state index contributed by atoms with van der Waals surface area (Å²) in [6.45, 7) is 2.76. The number of unbranched alkanes of at least 4 members (excludes halogenated alkanes) is 22. The van der Waals surface area contributed by atoms with Gasteiger partial charge in [0, 0.05) is 12.8 Å². The minimum absolute atomic E-state index is 0.143. The molecule has 0 aromatic carbocycles. The van der Waals surface area contributed by atoms with Gasteiger partial charge in [0.15, 0.2) is 6.10 Å². The maximum absolute atomic E-state index is 12.6. The number of carbonyl (C=O) groups excluding carboxylic acids is 2. The molecule has 4 N–H and O–H groups in total. The Morgan fingerprint density at radius 1 is 0.588 bits per heavy atom. The summed E-state index contributed by atoms with van der Waals surface area (Å²) in [5.41, 5.74) is 5.32. The molecule has 0 saturated heterocycles. The third-order valence-electron chi connectivity index (χ3n) is 8.78. The molecule has 11 nitrogen and oxygen atoms in total. The highest BCUT2D eigenvalue weighted by atomic mass is 31.2. The third-order valence-corrected chi connectivity index (χ3v) is 9.73. The van der Waals surface area contributed by atoms with Crippen LogP contribution in [0.5, 0.6) is 0 Å². The van der Waals surface area contributed by atoms with E-state index in [1.54, 1.807) is 0 Å². The van der Waals surface area contributed by atoms with Crippen molar-refractivity contribution in [3.63, 3.8) is 0 Å². The smallest absolute Gasteiger partial charge is 0.472 e. The van der Waals surface area contributed by atoms with Gasteiger partial charge in [-0.2, -0.15) is 0 Å². The van der Waals surface area contributed by atoms with E-state index >= 15 is 0 Å². The topological polar surface area (TPSA) is 172 Å². The molecule has 3 atom stereocenters. The van der Waals surface area contributed by atoms with Gasteiger partial charge in [0.1, 0.15) is 12.6 Å². The predicted molar refractivity (Wildman–Crippen MR) is 203 cm³/mol. The van der Waals surface area contributed by atoms with Crippen molar-refractivity contribution < 1.29 is 47.5 Å². The number of ether oxygens (including phenoxy) is 2. The summed E-state index contributed by atoms with van der Waals surface area (Å²) in [4.78, 5) is 45.7. The Balaban J connectivity index is 4.42. The second-order valence-electron chi connectivity index (χ2n) is 13.8. The van der Waals surface area contributed by atoms with Gasteiger partial charge in [-0.15, -0.1) is 0 Å². The summed E-state index contributed by atoms with van der Waals surface area (Å²) >= 11 is 0. The zero-order valence-corrected chi connectivity index (χ0v) is 33.1. The fourth-order valence-corrected chi connectivity index (χ4v) is 6.33. The van der Waals surface area contributed by atoms with Crippen molar-refractivity contribution in [2.24, 2.45) is 5.73 Å². The molecule has 12 heteroatoms. The number of rotatable bonds is 38. The van der Waals surface area contributed by atoms with Crippen LogP contribution in [0.4, 0.5) is 0 Å². The van der Waals surface area contributed by atoms with Gasteiger partial charge in [-0.25, -0.2) is 4.57 Å². The largest absolute Gasteiger partial charge is 0.480 e. The van der Waals surface area contributed by atoms with E-state index < -0.39 is 51.1 Å². The molecule has 0 saturated carbocycles. The number of carboxylic acid groups (broad SMARTS) is 1. The minimum Gasteiger partial charge on any atom is -0.480 e. The quantitative estimate of drug-likeness (QED) is 0.0237. The molecule has 0 aliphatic heterocycles. The molecule has 51 heavy (non-hydrogen) atoms. The molecule has 0 bridgehead atoms. The van der Waals surface area contributed by atoms with Crippen molar-refractivity contribution in [3.05, 3.63) is 12.2 Å². The van der Waals surface area contributed by atoms with Crippen LogP contribution >= 0.6 is 7.82 Å². The van der Waals surface area contributed by atoms with Gasteiger partial charge < -0.3 is 25.2 Å². The standard InChI is InChI=1S/C39H74NO10P/c1-3-5-7-9-11-13-15-17-18-19-21-22-24-26-28-30-37(41)47-32-35(33-48-51(45,46)49-34-36(40)39(43)44)50-38(42)31-29-27-25-23-20-16-14-12-10-8-6-4-2/h24,26,35-36H,3-23,25,27-34,40H2,1-2H3,(H,43,44)(H,45,46)/b26-24+/t35-,36+/m1/s1. The monoisotopic (exact) mass is 748 g/mol. The summed E-state index contributed by atoms with van der Waals surface area (Å²) in [5, 5.41) is 8.86. The number of esters is 2. The summed E-state index contributed by atoms with van der Waals surface area (Å²) < 4.78 is 32.5. The Hall–Kier alpha value is -1.78. The number of carboxylic acids is 1. The number of phosphoric acid groups is 1. The van der Waals surface area contributed by atoms with E-state index in [0.29, 0.717) is 12.8 Å². The normalized spacial score (nSPS) is 14.0. The molecule has 1 unspecified atom stereocenters. The first-order valence-electron chi connectivity index (χ1n) is 20.2. The van der Waals surface area contributed by atoms with Gasteiger partial charge in [-0.3, -0.25) is 23.4 Å². The van der Waals surface area contributed by atoms with Gasteiger partial charge in [0.05, 0.1) is 13.2 Å². The Morgan fingerprint density at radius 2 is 1.02 bits per heavy atom. The van der Waals surface area contributed by atoms with E-state index in [4.69, 9.17) is 24.8 Å². The maximum Gasteiger partial charge on any atom is 0.472 e. The van der Waals surface area contributed by atoms with Crippen LogP contribution in [-0.4, -0.2) is 59.9 Å². The summed E-state index contributed by atoms with van der Waals surface area (Å²) in [6, 6.07) is -1.52. The maximum atomic E-state index is 12.6. The van der Waals surface area contributed by atoms with Gasteiger partial charge in [-0.1, -0.05) is 161 Å². The molecular formula is C39H74NO10P. The number of aliphatic carboxylic acids is 1. The molecule has 0 aliphatic carbocycles. The molecule has 0 aliphatic rings. The van der Waals surface area contributed by atoms with Crippen LogP contribution in [0.25, 0.3) is 0 Å². The van der Waals surface area contributed by atoms with Crippen molar-refractivity contribution in [3.8, 4) is 0 Å². The van der Waals surface area contributed by atoms with Crippen molar-refractivity contribution in [1.29, 1.82) is 0 Å². The third kappa shape index (κ3) is 35.0. The molecule has 0 aromatic rings. The molecule has 0 spiro atoms. The minimum atomic E-state index is -4.71. The molecule has 0 rings (SSSR count). The van der Waals surface area contributed by atoms with E-state index in [-0.39, 0.29) is 19.4 Å². The molecule has 300 valence electrons. The molecule has 0 heterocycles. The van der Waals surface area contributed by atoms with Crippen LogP contribution in [0, 0.1) is 0 Å².